The van der Waals surface area contributed by atoms with Crippen molar-refractivity contribution in [2.45, 2.75) is 32.5 Å². The Bertz CT molecular complexity index is 626. The van der Waals surface area contributed by atoms with Crippen molar-refractivity contribution >= 4 is 11.6 Å². The second kappa shape index (κ2) is 5.75. The molecule has 21 heavy (non-hydrogen) atoms. The van der Waals surface area contributed by atoms with Crippen LogP contribution in [0.1, 0.15) is 30.5 Å². The second-order valence-electron chi connectivity index (χ2n) is 5.23. The molecule has 3 heterocycles. The average molecular weight is 312 g/mol. The molecule has 0 N–H and O–H groups in total. The van der Waals surface area contributed by atoms with Crippen LogP contribution in [0.2, 0.25) is 5.15 Å². The van der Waals surface area contributed by atoms with Crippen LogP contribution in [-0.2, 0) is 18.3 Å². The fourth-order valence-corrected chi connectivity index (χ4v) is 2.75. The highest BCUT2D eigenvalue weighted by Gasteiger charge is 2.35. The molecule has 7 nitrogen and oxygen atoms in total. The van der Waals surface area contributed by atoms with E-state index in [9.17, 15) is 0 Å². The minimum atomic E-state index is -0.0737. The van der Waals surface area contributed by atoms with Crippen molar-refractivity contribution in [2.24, 2.45) is 7.05 Å². The minimum Gasteiger partial charge on any atom is -0.375 e. The predicted octanol–water partition coefficient (Wildman–Crippen LogP) is 1.73. The Labute approximate surface area is 127 Å². The van der Waals surface area contributed by atoms with Crippen LogP contribution >= 0.6 is 11.6 Å². The molecule has 2 aromatic heterocycles. The number of morpholine rings is 1. The van der Waals surface area contributed by atoms with Crippen molar-refractivity contribution < 1.29 is 9.26 Å². The predicted molar refractivity (Wildman–Crippen MR) is 75.8 cm³/mol. The molecule has 114 valence electrons. The van der Waals surface area contributed by atoms with Gasteiger partial charge >= 0.3 is 0 Å². The number of ether oxygens (including phenoxy) is 1. The Morgan fingerprint density at radius 3 is 2.90 bits per heavy atom. The first-order valence-corrected chi connectivity index (χ1v) is 7.26. The molecule has 1 aliphatic heterocycles. The Balaban J connectivity index is 1.85. The van der Waals surface area contributed by atoms with Crippen LogP contribution in [0.4, 0.5) is 0 Å². The van der Waals surface area contributed by atoms with Gasteiger partial charge in [0.05, 0.1) is 25.5 Å². The van der Waals surface area contributed by atoms with Crippen LogP contribution in [0, 0.1) is 6.92 Å². The number of rotatable bonds is 3. The fraction of sp³-hybridized carbons (Fsp3) is 0.615. The SMILES string of the molecule is Cc1noc([C@@H]2[C@@H](C)OCCN2Cc2ncc(Cl)n2C)n1. The molecule has 0 spiro atoms. The lowest BCUT2D eigenvalue weighted by atomic mass is 10.1. The maximum atomic E-state index is 6.05. The monoisotopic (exact) mass is 311 g/mol. The van der Waals surface area contributed by atoms with E-state index in [1.165, 1.54) is 0 Å². The Morgan fingerprint density at radius 2 is 2.29 bits per heavy atom. The number of hydrogen-bond acceptors (Lipinski definition) is 6. The quantitative estimate of drug-likeness (QED) is 0.860. The summed E-state index contributed by atoms with van der Waals surface area (Å²) in [4.78, 5) is 10.9. The number of imidazole rings is 1. The topological polar surface area (TPSA) is 69.2 Å². The zero-order chi connectivity index (χ0) is 15.0. The van der Waals surface area contributed by atoms with Gasteiger partial charge in [0.2, 0.25) is 5.89 Å². The molecule has 0 amide bonds. The van der Waals surface area contributed by atoms with E-state index in [4.69, 9.17) is 20.9 Å². The highest BCUT2D eigenvalue weighted by Crippen LogP contribution is 2.29. The van der Waals surface area contributed by atoms with Gasteiger partial charge in [-0.15, -0.1) is 0 Å². The minimum absolute atomic E-state index is 0.0191. The van der Waals surface area contributed by atoms with Gasteiger partial charge in [-0.05, 0) is 13.8 Å². The van der Waals surface area contributed by atoms with E-state index in [0.717, 1.165) is 12.4 Å². The number of halogens is 1. The van der Waals surface area contributed by atoms with Gasteiger partial charge in [0, 0.05) is 13.6 Å². The Kier molecular flexibility index (Phi) is 3.97. The van der Waals surface area contributed by atoms with Gasteiger partial charge in [-0.25, -0.2) is 4.98 Å². The zero-order valence-electron chi connectivity index (χ0n) is 12.3. The highest BCUT2D eigenvalue weighted by molar-refractivity contribution is 6.29. The number of nitrogens with zero attached hydrogens (tertiary/aromatic N) is 5. The first kappa shape index (κ1) is 14.5. The third-order valence-corrected chi connectivity index (χ3v) is 4.12. The lowest BCUT2D eigenvalue weighted by molar-refractivity contribution is -0.0773. The van der Waals surface area contributed by atoms with Gasteiger partial charge in [0.25, 0.3) is 0 Å². The smallest absolute Gasteiger partial charge is 0.246 e. The van der Waals surface area contributed by atoms with Gasteiger partial charge in [-0.1, -0.05) is 16.8 Å². The third kappa shape index (κ3) is 2.81. The van der Waals surface area contributed by atoms with Crippen LogP contribution in [-0.4, -0.2) is 43.8 Å². The van der Waals surface area contributed by atoms with Crippen molar-refractivity contribution in [1.82, 2.24) is 24.6 Å². The van der Waals surface area contributed by atoms with Gasteiger partial charge in [-0.2, -0.15) is 4.98 Å². The molecular weight excluding hydrogens is 294 g/mol. The molecule has 1 aliphatic rings. The summed E-state index contributed by atoms with van der Waals surface area (Å²) < 4.78 is 12.9. The summed E-state index contributed by atoms with van der Waals surface area (Å²) in [5.41, 5.74) is 0. The van der Waals surface area contributed by atoms with Crippen molar-refractivity contribution in [2.75, 3.05) is 13.2 Å². The molecule has 0 radical (unpaired) electrons. The lowest BCUT2D eigenvalue weighted by Gasteiger charge is -2.37. The van der Waals surface area contributed by atoms with Crippen LogP contribution < -0.4 is 0 Å². The normalized spacial score (nSPS) is 23.6. The first-order chi connectivity index (χ1) is 10.1. The molecule has 1 saturated heterocycles. The van der Waals surface area contributed by atoms with Crippen LogP contribution in [0.25, 0.3) is 0 Å². The lowest BCUT2D eigenvalue weighted by Crippen LogP contribution is -2.44. The maximum absolute atomic E-state index is 6.05. The molecule has 0 unspecified atom stereocenters. The summed E-state index contributed by atoms with van der Waals surface area (Å²) >= 11 is 6.05. The molecule has 0 saturated carbocycles. The number of aromatic nitrogens is 4. The van der Waals surface area contributed by atoms with E-state index >= 15 is 0 Å². The first-order valence-electron chi connectivity index (χ1n) is 6.88. The molecule has 8 heteroatoms. The second-order valence-corrected chi connectivity index (χ2v) is 5.61. The average Bonchev–Trinajstić information content (AvgIpc) is 3.00. The van der Waals surface area contributed by atoms with Gasteiger partial charge in [0.15, 0.2) is 5.82 Å². The van der Waals surface area contributed by atoms with Crippen molar-refractivity contribution in [3.8, 4) is 0 Å². The van der Waals surface area contributed by atoms with E-state index in [1.54, 1.807) is 6.20 Å². The molecule has 1 fully saturated rings. The molecule has 3 rings (SSSR count). The summed E-state index contributed by atoms with van der Waals surface area (Å²) in [6.07, 6.45) is 1.64. The molecular formula is C13H18ClN5O2. The van der Waals surface area contributed by atoms with Crippen LogP contribution in [0.15, 0.2) is 10.7 Å². The zero-order valence-corrected chi connectivity index (χ0v) is 13.0. The molecule has 0 bridgehead atoms. The maximum Gasteiger partial charge on any atom is 0.246 e. The molecule has 2 aromatic rings. The highest BCUT2D eigenvalue weighted by atomic mass is 35.5. The van der Waals surface area contributed by atoms with Crippen molar-refractivity contribution in [1.29, 1.82) is 0 Å². The standard InChI is InChI=1S/C13H18ClN5O2/c1-8-12(13-16-9(2)17-21-13)19(4-5-20-8)7-11-15-6-10(14)18(11)3/h6,8,12H,4-5,7H2,1-3H3/t8-,12+/m1/s1. The van der Waals surface area contributed by atoms with Gasteiger partial charge < -0.3 is 13.8 Å². The van der Waals surface area contributed by atoms with E-state index in [0.29, 0.717) is 30.0 Å². The van der Waals surface area contributed by atoms with Gasteiger partial charge in [-0.3, -0.25) is 4.90 Å². The number of aryl methyl sites for hydroxylation is 1. The number of hydrogen-bond donors (Lipinski definition) is 0. The van der Waals surface area contributed by atoms with E-state index in [-0.39, 0.29) is 12.1 Å². The fourth-order valence-electron chi connectivity index (χ4n) is 2.60. The van der Waals surface area contributed by atoms with Crippen LogP contribution in [0.5, 0.6) is 0 Å². The van der Waals surface area contributed by atoms with Crippen molar-refractivity contribution in [3.05, 3.63) is 28.9 Å². The van der Waals surface area contributed by atoms with E-state index in [1.807, 2.05) is 25.5 Å². The summed E-state index contributed by atoms with van der Waals surface area (Å²) in [7, 11) is 1.90. The summed E-state index contributed by atoms with van der Waals surface area (Å²) in [5, 5.41) is 4.50. The largest absolute Gasteiger partial charge is 0.375 e. The van der Waals surface area contributed by atoms with E-state index in [2.05, 4.69) is 20.0 Å². The molecule has 0 aliphatic carbocycles. The Morgan fingerprint density at radius 1 is 1.48 bits per heavy atom. The molecule has 0 aromatic carbocycles. The third-order valence-electron chi connectivity index (χ3n) is 3.77. The van der Waals surface area contributed by atoms with E-state index < -0.39 is 0 Å². The molecule has 2 atom stereocenters. The summed E-state index contributed by atoms with van der Waals surface area (Å²) in [6.45, 7) is 5.93. The van der Waals surface area contributed by atoms with Gasteiger partial charge in [0.1, 0.15) is 17.0 Å². The van der Waals surface area contributed by atoms with Crippen molar-refractivity contribution in [3.63, 3.8) is 0 Å². The Hall–Kier alpha value is -1.44. The summed E-state index contributed by atoms with van der Waals surface area (Å²) in [6, 6.07) is -0.0737. The summed E-state index contributed by atoms with van der Waals surface area (Å²) in [5.74, 6) is 2.11. The van der Waals surface area contributed by atoms with Crippen LogP contribution in [0.3, 0.4) is 0 Å².